The Morgan fingerprint density at radius 1 is 0.800 bits per heavy atom. The van der Waals surface area contributed by atoms with E-state index in [-0.39, 0.29) is 5.82 Å². The summed E-state index contributed by atoms with van der Waals surface area (Å²) < 4.78 is 13.1. The van der Waals surface area contributed by atoms with Gasteiger partial charge in [-0.3, -0.25) is 9.59 Å². The van der Waals surface area contributed by atoms with Gasteiger partial charge in [0.05, 0.1) is 6.04 Å². The van der Waals surface area contributed by atoms with E-state index in [4.69, 9.17) is 11.5 Å². The molecule has 0 aromatic heterocycles. The topological polar surface area (TPSA) is 98.2 Å². The predicted octanol–water partition coefficient (Wildman–Crippen LogP) is 2.58. The molecule has 3 aromatic rings. The van der Waals surface area contributed by atoms with Gasteiger partial charge in [-0.15, -0.1) is 0 Å². The van der Waals surface area contributed by atoms with Crippen LogP contribution in [0.4, 0.5) is 4.39 Å². The van der Waals surface area contributed by atoms with E-state index in [0.717, 1.165) is 22.3 Å². The van der Waals surface area contributed by atoms with Gasteiger partial charge in [0, 0.05) is 6.42 Å². The van der Waals surface area contributed by atoms with Crippen LogP contribution < -0.4 is 16.8 Å². The maximum absolute atomic E-state index is 13.1. The minimum atomic E-state index is -0.827. The van der Waals surface area contributed by atoms with Crippen molar-refractivity contribution in [3.8, 4) is 11.1 Å². The SMILES string of the molecule is NC(=O)[C@H](Cc1ccccc1)NC(=O)C(N)Cc1ccc(-c2ccc(F)cc2)cc1. The smallest absolute Gasteiger partial charge is 0.240 e. The maximum atomic E-state index is 13.1. The zero-order chi connectivity index (χ0) is 21.5. The molecule has 3 aromatic carbocycles. The van der Waals surface area contributed by atoms with Crippen LogP contribution in [0, 0.1) is 5.82 Å². The molecule has 0 aliphatic carbocycles. The standard InChI is InChI=1S/C24H24FN3O2/c25-20-12-10-19(11-13-20)18-8-6-17(7-9-18)14-21(26)24(30)28-22(23(27)29)15-16-4-2-1-3-5-16/h1-13,21-22H,14-15,26H2,(H2,27,29)(H,28,30)/t21?,22-/m0/s1. The second-order valence-electron chi connectivity index (χ2n) is 7.17. The molecule has 0 aliphatic rings. The molecule has 0 aliphatic heterocycles. The number of rotatable bonds is 8. The van der Waals surface area contributed by atoms with Crippen molar-refractivity contribution in [3.63, 3.8) is 0 Å². The Morgan fingerprint density at radius 2 is 1.33 bits per heavy atom. The molecule has 0 radical (unpaired) electrons. The Kier molecular flexibility index (Phi) is 6.93. The number of carbonyl (C=O) groups excluding carboxylic acids is 2. The van der Waals surface area contributed by atoms with Gasteiger partial charge in [0.1, 0.15) is 11.9 Å². The van der Waals surface area contributed by atoms with Crippen LogP contribution in [0.15, 0.2) is 78.9 Å². The Morgan fingerprint density at radius 3 is 1.90 bits per heavy atom. The molecule has 6 heteroatoms. The average molecular weight is 405 g/mol. The zero-order valence-corrected chi connectivity index (χ0v) is 16.4. The van der Waals surface area contributed by atoms with Crippen LogP contribution in [0.25, 0.3) is 11.1 Å². The molecule has 5 N–H and O–H groups in total. The van der Waals surface area contributed by atoms with Gasteiger partial charge in [0.25, 0.3) is 0 Å². The Bertz CT molecular complexity index is 989. The quantitative estimate of drug-likeness (QED) is 0.537. The normalized spacial score (nSPS) is 12.7. The van der Waals surface area contributed by atoms with Crippen molar-refractivity contribution in [2.75, 3.05) is 0 Å². The van der Waals surface area contributed by atoms with Crippen LogP contribution in [0.2, 0.25) is 0 Å². The summed E-state index contributed by atoms with van der Waals surface area (Å²) in [6.07, 6.45) is 0.618. The highest BCUT2D eigenvalue weighted by molar-refractivity contribution is 5.89. The van der Waals surface area contributed by atoms with E-state index >= 15 is 0 Å². The molecule has 0 fully saturated rings. The molecule has 5 nitrogen and oxygen atoms in total. The Balaban J connectivity index is 1.60. The molecule has 0 heterocycles. The molecule has 3 rings (SSSR count). The van der Waals surface area contributed by atoms with Crippen LogP contribution >= 0.6 is 0 Å². The number of primary amides is 1. The first kappa shape index (κ1) is 21.2. The lowest BCUT2D eigenvalue weighted by molar-refractivity contribution is -0.128. The lowest BCUT2D eigenvalue weighted by atomic mass is 10.00. The van der Waals surface area contributed by atoms with Gasteiger partial charge in [-0.1, -0.05) is 66.7 Å². The summed E-state index contributed by atoms with van der Waals surface area (Å²) >= 11 is 0. The minimum absolute atomic E-state index is 0.283. The molecule has 0 bridgehead atoms. The number of carbonyl (C=O) groups is 2. The van der Waals surface area contributed by atoms with E-state index in [2.05, 4.69) is 5.32 Å². The monoisotopic (exact) mass is 405 g/mol. The molecular weight excluding hydrogens is 381 g/mol. The highest BCUT2D eigenvalue weighted by atomic mass is 19.1. The molecule has 30 heavy (non-hydrogen) atoms. The largest absolute Gasteiger partial charge is 0.368 e. The van der Waals surface area contributed by atoms with Crippen molar-refractivity contribution >= 4 is 11.8 Å². The summed E-state index contributed by atoms with van der Waals surface area (Å²) in [6, 6.07) is 21.5. The third kappa shape index (κ3) is 5.75. The van der Waals surface area contributed by atoms with Gasteiger partial charge in [0.15, 0.2) is 0 Å². The summed E-state index contributed by atoms with van der Waals surface area (Å²) in [7, 11) is 0. The first-order valence-corrected chi connectivity index (χ1v) is 9.66. The first-order chi connectivity index (χ1) is 14.4. The van der Waals surface area contributed by atoms with Gasteiger partial charge in [0.2, 0.25) is 11.8 Å². The van der Waals surface area contributed by atoms with Gasteiger partial charge in [-0.25, -0.2) is 4.39 Å². The second kappa shape index (κ2) is 9.80. The molecule has 1 unspecified atom stereocenters. The molecule has 154 valence electrons. The summed E-state index contributed by atoms with van der Waals surface area (Å²) in [5, 5.41) is 2.65. The van der Waals surface area contributed by atoms with Gasteiger partial charge in [-0.2, -0.15) is 0 Å². The van der Waals surface area contributed by atoms with Crippen molar-refractivity contribution in [2.45, 2.75) is 24.9 Å². The third-order valence-corrected chi connectivity index (χ3v) is 4.87. The number of nitrogens with two attached hydrogens (primary N) is 2. The van der Waals surface area contributed by atoms with Crippen LogP contribution in [0.3, 0.4) is 0 Å². The summed E-state index contributed by atoms with van der Waals surface area (Å²) in [6.45, 7) is 0. The summed E-state index contributed by atoms with van der Waals surface area (Å²) in [5.41, 5.74) is 15.1. The van der Waals surface area contributed by atoms with Crippen LogP contribution in [0.1, 0.15) is 11.1 Å². The fourth-order valence-corrected chi connectivity index (χ4v) is 3.17. The third-order valence-electron chi connectivity index (χ3n) is 4.87. The summed E-state index contributed by atoms with van der Waals surface area (Å²) in [5.74, 6) is -1.32. The predicted molar refractivity (Wildman–Crippen MR) is 115 cm³/mol. The molecule has 0 saturated carbocycles. The first-order valence-electron chi connectivity index (χ1n) is 9.66. The Hall–Kier alpha value is -3.51. The molecule has 0 saturated heterocycles. The number of benzene rings is 3. The van der Waals surface area contributed by atoms with Crippen LogP contribution in [-0.2, 0) is 22.4 Å². The van der Waals surface area contributed by atoms with Gasteiger partial charge >= 0.3 is 0 Å². The maximum Gasteiger partial charge on any atom is 0.240 e. The van der Waals surface area contributed by atoms with E-state index in [0.29, 0.717) is 12.8 Å². The van der Waals surface area contributed by atoms with E-state index in [1.807, 2.05) is 54.6 Å². The zero-order valence-electron chi connectivity index (χ0n) is 16.4. The molecule has 0 spiro atoms. The number of amides is 2. The van der Waals surface area contributed by atoms with Crippen molar-refractivity contribution in [2.24, 2.45) is 11.5 Å². The Labute approximate surface area is 174 Å². The van der Waals surface area contributed by atoms with Crippen molar-refractivity contribution in [3.05, 3.63) is 95.8 Å². The fraction of sp³-hybridized carbons (Fsp3) is 0.167. The average Bonchev–Trinajstić information content (AvgIpc) is 2.75. The number of hydrogen-bond acceptors (Lipinski definition) is 3. The van der Waals surface area contributed by atoms with Crippen molar-refractivity contribution in [1.29, 1.82) is 0 Å². The van der Waals surface area contributed by atoms with E-state index in [9.17, 15) is 14.0 Å². The molecule has 2 amide bonds. The minimum Gasteiger partial charge on any atom is -0.368 e. The van der Waals surface area contributed by atoms with Crippen molar-refractivity contribution in [1.82, 2.24) is 5.32 Å². The van der Waals surface area contributed by atoms with Crippen LogP contribution in [-0.4, -0.2) is 23.9 Å². The van der Waals surface area contributed by atoms with E-state index in [1.165, 1.54) is 12.1 Å². The van der Waals surface area contributed by atoms with Gasteiger partial charge in [-0.05, 0) is 40.8 Å². The number of nitrogens with one attached hydrogen (secondary N) is 1. The molecule has 2 atom stereocenters. The van der Waals surface area contributed by atoms with Gasteiger partial charge < -0.3 is 16.8 Å². The van der Waals surface area contributed by atoms with E-state index in [1.54, 1.807) is 12.1 Å². The second-order valence-corrected chi connectivity index (χ2v) is 7.17. The fourth-order valence-electron chi connectivity index (χ4n) is 3.17. The highest BCUT2D eigenvalue weighted by Gasteiger charge is 2.22. The molecular formula is C24H24FN3O2. The highest BCUT2D eigenvalue weighted by Crippen LogP contribution is 2.20. The van der Waals surface area contributed by atoms with Crippen molar-refractivity contribution < 1.29 is 14.0 Å². The number of hydrogen-bond donors (Lipinski definition) is 3. The lowest BCUT2D eigenvalue weighted by Crippen LogP contribution is -2.51. The number of halogens is 1. The summed E-state index contributed by atoms with van der Waals surface area (Å²) in [4.78, 5) is 24.3. The van der Waals surface area contributed by atoms with E-state index < -0.39 is 23.9 Å². The lowest BCUT2D eigenvalue weighted by Gasteiger charge is -2.19. The van der Waals surface area contributed by atoms with Crippen LogP contribution in [0.5, 0.6) is 0 Å².